The average molecular weight is 274 g/mol. The number of benzene rings is 1. The van der Waals surface area contributed by atoms with Gasteiger partial charge in [0.05, 0.1) is 0 Å². The van der Waals surface area contributed by atoms with Crippen LogP contribution in [0.3, 0.4) is 0 Å². The highest BCUT2D eigenvalue weighted by molar-refractivity contribution is 7.98. The van der Waals surface area contributed by atoms with Gasteiger partial charge < -0.3 is 10.2 Å². The fourth-order valence-electron chi connectivity index (χ4n) is 1.49. The van der Waals surface area contributed by atoms with Gasteiger partial charge in [-0.3, -0.25) is 4.79 Å². The van der Waals surface area contributed by atoms with E-state index in [1.54, 1.807) is 18.8 Å². The van der Waals surface area contributed by atoms with Crippen molar-refractivity contribution in [1.82, 2.24) is 4.90 Å². The smallest absolute Gasteiger partial charge is 0.253 e. The maximum atomic E-state index is 13.5. The third kappa shape index (κ3) is 3.35. The fraction of sp³-hybridized carbons (Fsp3) is 0.417. The molecule has 6 heteroatoms. The lowest BCUT2D eigenvalue weighted by molar-refractivity contribution is 0.0803. The first-order chi connectivity index (χ1) is 8.51. The van der Waals surface area contributed by atoms with Gasteiger partial charge >= 0.3 is 0 Å². The summed E-state index contributed by atoms with van der Waals surface area (Å²) in [7, 11) is 3.04. The van der Waals surface area contributed by atoms with Gasteiger partial charge in [0.1, 0.15) is 17.3 Å². The molecule has 0 aliphatic rings. The number of rotatable bonds is 5. The number of nitrogens with zero attached hydrogens (tertiary/aromatic N) is 1. The van der Waals surface area contributed by atoms with E-state index in [2.05, 4.69) is 5.32 Å². The van der Waals surface area contributed by atoms with Gasteiger partial charge in [-0.2, -0.15) is 11.8 Å². The Hall–Kier alpha value is -1.30. The van der Waals surface area contributed by atoms with Crippen LogP contribution < -0.4 is 5.32 Å². The third-order valence-corrected chi connectivity index (χ3v) is 3.11. The maximum absolute atomic E-state index is 13.5. The number of carbonyl (C=O) groups excluding carboxylic acids is 1. The number of hydrogen-bond donors (Lipinski definition) is 1. The number of anilines is 1. The molecule has 1 aromatic carbocycles. The lowest BCUT2D eigenvalue weighted by Crippen LogP contribution is -2.29. The molecule has 0 unspecified atom stereocenters. The lowest BCUT2D eigenvalue weighted by atomic mass is 10.1. The van der Waals surface area contributed by atoms with E-state index in [0.717, 1.165) is 17.9 Å². The van der Waals surface area contributed by atoms with Gasteiger partial charge in [-0.1, -0.05) is 0 Å². The van der Waals surface area contributed by atoms with Gasteiger partial charge in [0.2, 0.25) is 0 Å². The molecule has 0 bridgehead atoms. The largest absolute Gasteiger partial charge is 0.383 e. The van der Waals surface area contributed by atoms with Crippen LogP contribution in [-0.2, 0) is 0 Å². The van der Waals surface area contributed by atoms with Gasteiger partial charge in [0, 0.05) is 32.0 Å². The standard InChI is InChI=1S/C12H16F2N2OS/c1-15-11-9(13)6-8(7-10(11)14)12(17)16(2)4-5-18-3/h6-7,15H,4-5H2,1-3H3. The molecule has 18 heavy (non-hydrogen) atoms. The maximum Gasteiger partial charge on any atom is 0.253 e. The highest BCUT2D eigenvalue weighted by Crippen LogP contribution is 2.20. The van der Waals surface area contributed by atoms with Crippen molar-refractivity contribution in [2.24, 2.45) is 0 Å². The molecule has 1 rings (SSSR count). The van der Waals surface area contributed by atoms with E-state index in [0.29, 0.717) is 6.54 Å². The molecule has 100 valence electrons. The topological polar surface area (TPSA) is 32.3 Å². The minimum atomic E-state index is -0.765. The molecule has 0 saturated heterocycles. The van der Waals surface area contributed by atoms with Crippen molar-refractivity contribution < 1.29 is 13.6 Å². The van der Waals surface area contributed by atoms with Gasteiger partial charge in [-0.25, -0.2) is 8.78 Å². The van der Waals surface area contributed by atoms with Gasteiger partial charge in [0.15, 0.2) is 0 Å². The SMILES string of the molecule is CNc1c(F)cc(C(=O)N(C)CCSC)cc1F. The van der Waals surface area contributed by atoms with Crippen molar-refractivity contribution in [2.75, 3.05) is 38.0 Å². The molecule has 0 aliphatic heterocycles. The van der Waals surface area contributed by atoms with Crippen molar-refractivity contribution in [3.63, 3.8) is 0 Å². The van der Waals surface area contributed by atoms with Crippen molar-refractivity contribution in [1.29, 1.82) is 0 Å². The summed E-state index contributed by atoms with van der Waals surface area (Å²) >= 11 is 1.60. The van der Waals surface area contributed by atoms with E-state index in [1.807, 2.05) is 6.26 Å². The molecule has 0 aliphatic carbocycles. The van der Waals surface area contributed by atoms with Crippen molar-refractivity contribution >= 4 is 23.4 Å². The predicted molar refractivity (Wildman–Crippen MR) is 71.2 cm³/mol. The van der Waals surface area contributed by atoms with Crippen LogP contribution in [0.2, 0.25) is 0 Å². The molecular formula is C12H16F2N2OS. The Bertz CT molecular complexity index is 417. The minimum Gasteiger partial charge on any atom is -0.383 e. The number of nitrogens with one attached hydrogen (secondary N) is 1. The van der Waals surface area contributed by atoms with Gasteiger partial charge in [-0.15, -0.1) is 0 Å². The Kier molecular flexibility index (Phi) is 5.40. The minimum absolute atomic E-state index is 0.0209. The molecule has 1 amide bonds. The summed E-state index contributed by atoms with van der Waals surface area (Å²) in [5.74, 6) is -1.13. The highest BCUT2D eigenvalue weighted by atomic mass is 32.2. The molecule has 0 atom stereocenters. The van der Waals surface area contributed by atoms with E-state index in [-0.39, 0.29) is 17.2 Å². The molecule has 3 nitrogen and oxygen atoms in total. The van der Waals surface area contributed by atoms with Crippen molar-refractivity contribution in [3.05, 3.63) is 29.3 Å². The number of halogens is 2. The van der Waals surface area contributed by atoms with Crippen LogP contribution >= 0.6 is 11.8 Å². The molecule has 1 aromatic rings. The Morgan fingerprint density at radius 1 is 1.39 bits per heavy atom. The number of thioether (sulfide) groups is 1. The Morgan fingerprint density at radius 2 is 1.94 bits per heavy atom. The molecule has 1 N–H and O–H groups in total. The first kappa shape index (κ1) is 14.8. The van der Waals surface area contributed by atoms with Crippen LogP contribution in [0.1, 0.15) is 10.4 Å². The summed E-state index contributed by atoms with van der Waals surface area (Å²) in [5, 5.41) is 2.41. The summed E-state index contributed by atoms with van der Waals surface area (Å²) in [6, 6.07) is 2.10. The van der Waals surface area contributed by atoms with E-state index in [1.165, 1.54) is 11.9 Å². The van der Waals surface area contributed by atoms with E-state index >= 15 is 0 Å². The molecular weight excluding hydrogens is 258 g/mol. The second kappa shape index (κ2) is 6.58. The first-order valence-electron chi connectivity index (χ1n) is 5.42. The number of carbonyl (C=O) groups is 1. The summed E-state index contributed by atoms with van der Waals surface area (Å²) in [6.07, 6.45) is 1.93. The van der Waals surface area contributed by atoms with Gasteiger partial charge in [-0.05, 0) is 18.4 Å². The van der Waals surface area contributed by atoms with Crippen molar-refractivity contribution in [2.45, 2.75) is 0 Å². The molecule has 0 spiro atoms. The highest BCUT2D eigenvalue weighted by Gasteiger charge is 2.16. The van der Waals surface area contributed by atoms with Crippen LogP contribution in [-0.4, -0.2) is 43.5 Å². The summed E-state index contributed by atoms with van der Waals surface area (Å²) < 4.78 is 27.0. The molecule has 0 radical (unpaired) electrons. The zero-order chi connectivity index (χ0) is 13.7. The fourth-order valence-corrected chi connectivity index (χ4v) is 1.94. The molecule has 0 fully saturated rings. The van der Waals surface area contributed by atoms with Gasteiger partial charge in [0.25, 0.3) is 5.91 Å². The van der Waals surface area contributed by atoms with Crippen LogP contribution in [0.4, 0.5) is 14.5 Å². The monoisotopic (exact) mass is 274 g/mol. The average Bonchev–Trinajstić information content (AvgIpc) is 2.34. The zero-order valence-electron chi connectivity index (χ0n) is 10.6. The number of amides is 1. The Morgan fingerprint density at radius 3 is 2.39 bits per heavy atom. The molecule has 0 aromatic heterocycles. The molecule has 0 saturated carbocycles. The Balaban J connectivity index is 2.93. The van der Waals surface area contributed by atoms with Crippen molar-refractivity contribution in [3.8, 4) is 0 Å². The van der Waals surface area contributed by atoms with Crippen LogP contribution in [0.5, 0.6) is 0 Å². The first-order valence-corrected chi connectivity index (χ1v) is 6.81. The zero-order valence-corrected chi connectivity index (χ0v) is 11.4. The normalized spacial score (nSPS) is 10.3. The molecule has 0 heterocycles. The Labute approximate surface area is 110 Å². The van der Waals surface area contributed by atoms with E-state index < -0.39 is 11.6 Å². The second-order valence-corrected chi connectivity index (χ2v) is 4.77. The summed E-state index contributed by atoms with van der Waals surface area (Å²) in [6.45, 7) is 0.539. The number of hydrogen-bond acceptors (Lipinski definition) is 3. The predicted octanol–water partition coefficient (Wildman–Crippen LogP) is 2.44. The summed E-state index contributed by atoms with van der Waals surface area (Å²) in [4.78, 5) is 13.4. The second-order valence-electron chi connectivity index (χ2n) is 3.78. The van der Waals surface area contributed by atoms with Crippen LogP contribution in [0.25, 0.3) is 0 Å². The summed E-state index contributed by atoms with van der Waals surface area (Å²) in [5.41, 5.74) is -0.203. The van der Waals surface area contributed by atoms with E-state index in [9.17, 15) is 13.6 Å². The van der Waals surface area contributed by atoms with Crippen LogP contribution in [0, 0.1) is 11.6 Å². The quantitative estimate of drug-likeness (QED) is 0.895. The van der Waals surface area contributed by atoms with Crippen LogP contribution in [0.15, 0.2) is 12.1 Å². The lowest BCUT2D eigenvalue weighted by Gasteiger charge is -2.17. The van der Waals surface area contributed by atoms with E-state index in [4.69, 9.17) is 0 Å². The third-order valence-electron chi connectivity index (χ3n) is 2.52.